The van der Waals surface area contributed by atoms with Gasteiger partial charge in [-0.3, -0.25) is 14.4 Å². The molecule has 0 aromatic carbocycles. The Hall–Kier alpha value is -1.91. The fraction of sp³-hybridized carbons (Fsp3) is 0.417. The molecule has 1 aromatic heterocycles. The number of aromatic nitrogens is 1. The van der Waals surface area contributed by atoms with Crippen LogP contribution in [0.15, 0.2) is 23.1 Å². The Balaban J connectivity index is 2.84. The third kappa shape index (κ3) is 4.22. The molecule has 0 saturated carbocycles. The molecule has 92 valence electrons. The Bertz CT molecular complexity index is 482. The van der Waals surface area contributed by atoms with Gasteiger partial charge in [-0.25, -0.2) is 0 Å². The first-order valence-corrected chi connectivity index (χ1v) is 5.19. The van der Waals surface area contributed by atoms with Gasteiger partial charge in [0.15, 0.2) is 6.29 Å². The van der Waals surface area contributed by atoms with Crippen molar-refractivity contribution in [3.63, 3.8) is 0 Å². The lowest BCUT2D eigenvalue weighted by Gasteiger charge is -2.19. The lowest BCUT2D eigenvalue weighted by Crippen LogP contribution is -2.30. The van der Waals surface area contributed by atoms with Gasteiger partial charge in [-0.1, -0.05) is 0 Å². The Labute approximate surface area is 99.0 Å². The average molecular weight is 237 g/mol. The first-order valence-electron chi connectivity index (χ1n) is 5.19. The fourth-order valence-electron chi connectivity index (χ4n) is 1.26. The molecule has 0 fully saturated rings. The molecular weight excluding hydrogens is 222 g/mol. The molecule has 5 heteroatoms. The summed E-state index contributed by atoms with van der Waals surface area (Å²) >= 11 is 0. The molecule has 1 heterocycles. The number of aldehydes is 1. The van der Waals surface area contributed by atoms with Crippen molar-refractivity contribution >= 4 is 12.3 Å². The van der Waals surface area contributed by atoms with Gasteiger partial charge in [0.05, 0.1) is 0 Å². The van der Waals surface area contributed by atoms with Crippen LogP contribution in [0.1, 0.15) is 31.1 Å². The largest absolute Gasteiger partial charge is 0.459 e. The van der Waals surface area contributed by atoms with Gasteiger partial charge < -0.3 is 9.30 Å². The summed E-state index contributed by atoms with van der Waals surface area (Å²) in [4.78, 5) is 33.5. The first-order chi connectivity index (χ1) is 7.81. The van der Waals surface area contributed by atoms with E-state index in [4.69, 9.17) is 4.74 Å². The number of carbonyl (C=O) groups excluding carboxylic acids is 2. The molecule has 0 saturated heterocycles. The standard InChI is InChI=1S/C12H15NO4/c1-12(2,3)17-11(16)7-13-6-9(8-14)4-5-10(13)15/h4-6,8H,7H2,1-3H3. The zero-order valence-electron chi connectivity index (χ0n) is 10.1. The third-order valence-corrected chi connectivity index (χ3v) is 1.86. The molecule has 17 heavy (non-hydrogen) atoms. The second-order valence-corrected chi connectivity index (χ2v) is 4.63. The molecule has 0 amide bonds. The summed E-state index contributed by atoms with van der Waals surface area (Å²) in [6, 6.07) is 2.65. The number of nitrogens with zero attached hydrogens (tertiary/aromatic N) is 1. The van der Waals surface area contributed by atoms with E-state index in [1.165, 1.54) is 18.3 Å². The Morgan fingerprint density at radius 2 is 2.06 bits per heavy atom. The first kappa shape index (κ1) is 13.2. The number of hydrogen-bond acceptors (Lipinski definition) is 4. The van der Waals surface area contributed by atoms with Gasteiger partial charge in [-0.05, 0) is 26.8 Å². The van der Waals surface area contributed by atoms with E-state index in [-0.39, 0.29) is 12.1 Å². The van der Waals surface area contributed by atoms with Crippen LogP contribution in [0.3, 0.4) is 0 Å². The molecule has 5 nitrogen and oxygen atoms in total. The minimum absolute atomic E-state index is 0.197. The smallest absolute Gasteiger partial charge is 0.326 e. The number of esters is 1. The van der Waals surface area contributed by atoms with E-state index in [9.17, 15) is 14.4 Å². The Kier molecular flexibility index (Phi) is 3.83. The molecule has 0 spiro atoms. The van der Waals surface area contributed by atoms with E-state index in [1.807, 2.05) is 0 Å². The minimum Gasteiger partial charge on any atom is -0.459 e. The van der Waals surface area contributed by atoms with E-state index < -0.39 is 11.6 Å². The number of hydrogen-bond donors (Lipinski definition) is 0. The van der Waals surface area contributed by atoms with Gasteiger partial charge in [-0.2, -0.15) is 0 Å². The van der Waals surface area contributed by atoms with Gasteiger partial charge in [0, 0.05) is 17.8 Å². The zero-order chi connectivity index (χ0) is 13.1. The summed E-state index contributed by atoms with van der Waals surface area (Å²) in [5, 5.41) is 0. The van der Waals surface area contributed by atoms with Crippen molar-refractivity contribution in [2.75, 3.05) is 0 Å². The fourth-order valence-corrected chi connectivity index (χ4v) is 1.26. The van der Waals surface area contributed by atoms with Crippen LogP contribution in [-0.4, -0.2) is 22.4 Å². The van der Waals surface area contributed by atoms with E-state index in [2.05, 4.69) is 0 Å². The van der Waals surface area contributed by atoms with Crippen molar-refractivity contribution in [3.05, 3.63) is 34.2 Å². The second-order valence-electron chi connectivity index (χ2n) is 4.63. The maximum absolute atomic E-state index is 11.5. The molecule has 0 unspecified atom stereocenters. The molecule has 0 radical (unpaired) electrons. The summed E-state index contributed by atoms with van der Waals surface area (Å²) in [5.74, 6) is -0.511. The normalized spacial score (nSPS) is 11.0. The van der Waals surface area contributed by atoms with E-state index >= 15 is 0 Å². The predicted octanol–water partition coefficient (Wildman–Crippen LogP) is 1.00. The van der Waals surface area contributed by atoms with Gasteiger partial charge in [0.1, 0.15) is 12.1 Å². The molecule has 0 aliphatic rings. The Morgan fingerprint density at radius 3 is 2.59 bits per heavy atom. The summed E-state index contributed by atoms with van der Waals surface area (Å²) in [7, 11) is 0. The van der Waals surface area contributed by atoms with Crippen LogP contribution >= 0.6 is 0 Å². The molecule has 0 bridgehead atoms. The molecular formula is C12H15NO4. The highest BCUT2D eigenvalue weighted by atomic mass is 16.6. The molecule has 1 rings (SSSR count). The zero-order valence-corrected chi connectivity index (χ0v) is 10.1. The summed E-state index contributed by atoms with van der Waals surface area (Å²) in [6.07, 6.45) is 1.95. The van der Waals surface area contributed by atoms with Crippen LogP contribution in [0.25, 0.3) is 0 Å². The summed E-state index contributed by atoms with van der Waals surface area (Å²) < 4.78 is 6.23. The number of pyridine rings is 1. The molecule has 0 N–H and O–H groups in total. The molecule has 0 aliphatic heterocycles. The van der Waals surface area contributed by atoms with Crippen LogP contribution < -0.4 is 5.56 Å². The van der Waals surface area contributed by atoms with E-state index in [1.54, 1.807) is 20.8 Å². The van der Waals surface area contributed by atoms with Crippen molar-refractivity contribution in [2.45, 2.75) is 32.9 Å². The lowest BCUT2D eigenvalue weighted by molar-refractivity contribution is -0.155. The van der Waals surface area contributed by atoms with Crippen molar-refractivity contribution in [1.82, 2.24) is 4.57 Å². The predicted molar refractivity (Wildman–Crippen MR) is 61.9 cm³/mol. The van der Waals surface area contributed by atoms with Gasteiger partial charge in [0.2, 0.25) is 0 Å². The van der Waals surface area contributed by atoms with Gasteiger partial charge in [0.25, 0.3) is 5.56 Å². The van der Waals surface area contributed by atoms with Crippen LogP contribution in [0.2, 0.25) is 0 Å². The number of ether oxygens (including phenoxy) is 1. The highest BCUT2D eigenvalue weighted by Crippen LogP contribution is 2.07. The molecule has 1 aromatic rings. The highest BCUT2D eigenvalue weighted by Gasteiger charge is 2.16. The maximum atomic E-state index is 11.5. The van der Waals surface area contributed by atoms with Gasteiger partial charge >= 0.3 is 5.97 Å². The van der Waals surface area contributed by atoms with Crippen LogP contribution in [0.5, 0.6) is 0 Å². The number of carbonyl (C=O) groups is 2. The van der Waals surface area contributed by atoms with Crippen molar-refractivity contribution < 1.29 is 14.3 Å². The third-order valence-electron chi connectivity index (χ3n) is 1.86. The van der Waals surface area contributed by atoms with E-state index in [0.717, 1.165) is 4.57 Å². The van der Waals surface area contributed by atoms with Crippen molar-refractivity contribution in [2.24, 2.45) is 0 Å². The monoisotopic (exact) mass is 237 g/mol. The topological polar surface area (TPSA) is 65.4 Å². The van der Waals surface area contributed by atoms with E-state index in [0.29, 0.717) is 11.8 Å². The highest BCUT2D eigenvalue weighted by molar-refractivity contribution is 5.74. The molecule has 0 atom stereocenters. The van der Waals surface area contributed by atoms with Crippen molar-refractivity contribution in [1.29, 1.82) is 0 Å². The second kappa shape index (κ2) is 4.95. The van der Waals surface area contributed by atoms with Crippen molar-refractivity contribution in [3.8, 4) is 0 Å². The quantitative estimate of drug-likeness (QED) is 0.581. The van der Waals surface area contributed by atoms with Crippen LogP contribution in [-0.2, 0) is 16.1 Å². The number of rotatable bonds is 3. The Morgan fingerprint density at radius 1 is 1.41 bits per heavy atom. The summed E-state index contributed by atoms with van der Waals surface area (Å²) in [6.45, 7) is 5.04. The molecule has 0 aliphatic carbocycles. The van der Waals surface area contributed by atoms with Crippen LogP contribution in [0.4, 0.5) is 0 Å². The lowest BCUT2D eigenvalue weighted by atomic mass is 10.2. The SMILES string of the molecule is CC(C)(C)OC(=O)Cn1cc(C=O)ccc1=O. The van der Waals surface area contributed by atoms with Gasteiger partial charge in [-0.15, -0.1) is 0 Å². The van der Waals surface area contributed by atoms with Crippen LogP contribution in [0, 0.1) is 0 Å². The minimum atomic E-state index is -0.594. The average Bonchev–Trinajstić information content (AvgIpc) is 2.18. The maximum Gasteiger partial charge on any atom is 0.326 e. The summed E-state index contributed by atoms with van der Waals surface area (Å²) in [5.41, 5.74) is -0.599.